The minimum Gasteiger partial charge on any atom is -0.404 e. The number of ether oxygens (including phenoxy) is 1. The van der Waals surface area contributed by atoms with Crippen molar-refractivity contribution >= 4 is 11.6 Å². The van der Waals surface area contributed by atoms with E-state index in [2.05, 4.69) is 10.1 Å². The average molecular weight is 278 g/mol. The monoisotopic (exact) mass is 278 g/mol. The number of nitrogens with one attached hydrogen (secondary N) is 1. The number of hydrogen-bond donors (Lipinski definition) is 3. The number of nitrogen functional groups attached to an aromatic ring is 1. The molecule has 5 nitrogen and oxygen atoms in total. The molecule has 0 fully saturated rings. The number of hydrogen-bond acceptors (Lipinski definition) is 4. The minimum absolute atomic E-state index is 0.0273. The highest BCUT2D eigenvalue weighted by Gasteiger charge is 2.32. The summed E-state index contributed by atoms with van der Waals surface area (Å²) in [5, 5.41) is 11.4. The Morgan fingerprint density at radius 3 is 2.63 bits per heavy atom. The van der Waals surface area contributed by atoms with E-state index in [0.717, 1.165) is 18.2 Å². The second-order valence-electron chi connectivity index (χ2n) is 3.86. The van der Waals surface area contributed by atoms with Crippen molar-refractivity contribution in [2.24, 2.45) is 0 Å². The molecule has 1 amide bonds. The quantitative estimate of drug-likeness (QED) is 0.724. The van der Waals surface area contributed by atoms with Crippen LogP contribution in [-0.2, 0) is 0 Å². The SMILES string of the molecule is C[C@H](O)CNC(=O)c1ccc(OC(F)(F)F)c(N)c1. The van der Waals surface area contributed by atoms with Crippen LogP contribution >= 0.6 is 0 Å². The Hall–Kier alpha value is -1.96. The number of anilines is 1. The van der Waals surface area contributed by atoms with Gasteiger partial charge in [0.1, 0.15) is 0 Å². The number of halogens is 3. The van der Waals surface area contributed by atoms with Gasteiger partial charge < -0.3 is 20.9 Å². The molecule has 0 unspecified atom stereocenters. The number of aliphatic hydroxyl groups is 1. The summed E-state index contributed by atoms with van der Waals surface area (Å²) in [6.45, 7) is 1.51. The number of carbonyl (C=O) groups is 1. The zero-order chi connectivity index (χ0) is 14.6. The molecule has 1 rings (SSSR count). The fraction of sp³-hybridized carbons (Fsp3) is 0.364. The lowest BCUT2D eigenvalue weighted by Gasteiger charge is -2.12. The highest BCUT2D eigenvalue weighted by molar-refractivity contribution is 5.95. The molecule has 8 heteroatoms. The predicted octanol–water partition coefficient (Wildman–Crippen LogP) is 1.28. The second kappa shape index (κ2) is 5.79. The topological polar surface area (TPSA) is 84.6 Å². The number of carbonyl (C=O) groups excluding carboxylic acids is 1. The van der Waals surface area contributed by atoms with Gasteiger partial charge in [-0.3, -0.25) is 4.79 Å². The van der Waals surface area contributed by atoms with Crippen LogP contribution in [0.5, 0.6) is 5.75 Å². The summed E-state index contributed by atoms with van der Waals surface area (Å²) in [6, 6.07) is 3.17. The summed E-state index contributed by atoms with van der Waals surface area (Å²) >= 11 is 0. The van der Waals surface area contributed by atoms with Gasteiger partial charge in [0.25, 0.3) is 5.91 Å². The van der Waals surface area contributed by atoms with E-state index in [4.69, 9.17) is 10.8 Å². The maximum Gasteiger partial charge on any atom is 0.573 e. The first-order valence-corrected chi connectivity index (χ1v) is 5.30. The lowest BCUT2D eigenvalue weighted by atomic mass is 10.1. The van der Waals surface area contributed by atoms with Crippen molar-refractivity contribution < 1.29 is 27.8 Å². The van der Waals surface area contributed by atoms with Crippen LogP contribution < -0.4 is 15.8 Å². The van der Waals surface area contributed by atoms with E-state index in [-0.39, 0.29) is 17.8 Å². The van der Waals surface area contributed by atoms with Crippen LogP contribution in [0.1, 0.15) is 17.3 Å². The molecule has 0 heterocycles. The summed E-state index contributed by atoms with van der Waals surface area (Å²) < 4.78 is 39.7. The molecule has 0 aliphatic carbocycles. The minimum atomic E-state index is -4.84. The van der Waals surface area contributed by atoms with Gasteiger partial charge in [-0.2, -0.15) is 0 Å². The highest BCUT2D eigenvalue weighted by Crippen LogP contribution is 2.28. The Morgan fingerprint density at radius 1 is 1.53 bits per heavy atom. The summed E-state index contributed by atoms with van der Waals surface area (Å²) in [7, 11) is 0. The van der Waals surface area contributed by atoms with Crippen LogP contribution in [0.15, 0.2) is 18.2 Å². The van der Waals surface area contributed by atoms with Gasteiger partial charge in [0.2, 0.25) is 0 Å². The second-order valence-corrected chi connectivity index (χ2v) is 3.86. The first-order valence-electron chi connectivity index (χ1n) is 5.30. The van der Waals surface area contributed by atoms with Crippen molar-refractivity contribution in [1.29, 1.82) is 0 Å². The van der Waals surface area contributed by atoms with E-state index in [9.17, 15) is 18.0 Å². The van der Waals surface area contributed by atoms with Crippen LogP contribution in [0.4, 0.5) is 18.9 Å². The number of nitrogens with two attached hydrogens (primary N) is 1. The van der Waals surface area contributed by atoms with E-state index >= 15 is 0 Å². The summed E-state index contributed by atoms with van der Waals surface area (Å²) in [5.41, 5.74) is 5.14. The van der Waals surface area contributed by atoms with E-state index in [0.29, 0.717) is 0 Å². The van der Waals surface area contributed by atoms with Crippen molar-refractivity contribution in [2.75, 3.05) is 12.3 Å². The molecule has 1 aromatic carbocycles. The Kier molecular flexibility index (Phi) is 4.60. The van der Waals surface area contributed by atoms with Gasteiger partial charge in [0.15, 0.2) is 5.75 Å². The van der Waals surface area contributed by atoms with Crippen molar-refractivity contribution in [3.63, 3.8) is 0 Å². The lowest BCUT2D eigenvalue weighted by Crippen LogP contribution is -2.30. The van der Waals surface area contributed by atoms with Crippen LogP contribution in [0.2, 0.25) is 0 Å². The van der Waals surface area contributed by atoms with E-state index < -0.39 is 24.1 Å². The third-order valence-electron chi connectivity index (χ3n) is 2.06. The molecule has 0 aliphatic heterocycles. The molecule has 0 aliphatic rings. The number of benzene rings is 1. The third kappa shape index (κ3) is 5.04. The normalized spacial score (nSPS) is 12.9. The first kappa shape index (κ1) is 15.1. The van der Waals surface area contributed by atoms with Crippen molar-refractivity contribution in [3.8, 4) is 5.75 Å². The molecule has 4 N–H and O–H groups in total. The smallest absolute Gasteiger partial charge is 0.404 e. The zero-order valence-corrected chi connectivity index (χ0v) is 9.99. The third-order valence-corrected chi connectivity index (χ3v) is 2.06. The molecular formula is C11H13F3N2O3. The van der Waals surface area contributed by atoms with Gasteiger partial charge in [0, 0.05) is 12.1 Å². The Labute approximate surface area is 107 Å². The van der Waals surface area contributed by atoms with Crippen LogP contribution in [0, 0.1) is 0 Å². The number of alkyl halides is 3. The van der Waals surface area contributed by atoms with Gasteiger partial charge in [0.05, 0.1) is 11.8 Å². The van der Waals surface area contributed by atoms with E-state index in [1.165, 1.54) is 6.92 Å². The van der Waals surface area contributed by atoms with Crippen LogP contribution in [0.3, 0.4) is 0 Å². The Balaban J connectivity index is 2.79. The molecule has 106 valence electrons. The number of rotatable bonds is 4. The molecule has 19 heavy (non-hydrogen) atoms. The Morgan fingerprint density at radius 2 is 2.16 bits per heavy atom. The maximum atomic E-state index is 12.0. The van der Waals surface area contributed by atoms with Crippen LogP contribution in [0.25, 0.3) is 0 Å². The molecule has 1 atom stereocenters. The maximum absolute atomic E-state index is 12.0. The highest BCUT2D eigenvalue weighted by atomic mass is 19.4. The predicted molar refractivity (Wildman–Crippen MR) is 61.6 cm³/mol. The Bertz CT molecular complexity index is 461. The van der Waals surface area contributed by atoms with Crippen molar-refractivity contribution in [3.05, 3.63) is 23.8 Å². The first-order chi connectivity index (χ1) is 8.69. The molecule has 0 aromatic heterocycles. The molecule has 0 saturated carbocycles. The largest absolute Gasteiger partial charge is 0.573 e. The lowest BCUT2D eigenvalue weighted by molar-refractivity contribution is -0.274. The molecule has 0 spiro atoms. The average Bonchev–Trinajstić information content (AvgIpc) is 2.27. The molecule has 0 bridgehead atoms. The number of amides is 1. The van der Waals surface area contributed by atoms with Crippen molar-refractivity contribution in [1.82, 2.24) is 5.32 Å². The van der Waals surface area contributed by atoms with E-state index in [1.54, 1.807) is 0 Å². The molecule has 0 radical (unpaired) electrons. The standard InChI is InChI=1S/C11H13F3N2O3/c1-6(17)5-16-10(18)7-2-3-9(8(15)4-7)19-11(12,13)14/h2-4,6,17H,5,15H2,1H3,(H,16,18)/t6-/m0/s1. The fourth-order valence-electron chi connectivity index (χ4n) is 1.25. The fourth-order valence-corrected chi connectivity index (χ4v) is 1.25. The summed E-state index contributed by atoms with van der Waals surface area (Å²) in [4.78, 5) is 11.6. The van der Waals surface area contributed by atoms with Gasteiger partial charge >= 0.3 is 6.36 Å². The van der Waals surface area contributed by atoms with Gasteiger partial charge in [-0.25, -0.2) is 0 Å². The summed E-state index contributed by atoms with van der Waals surface area (Å²) in [6.07, 6.45) is -5.57. The van der Waals surface area contributed by atoms with E-state index in [1.807, 2.05) is 0 Å². The molecule has 0 saturated heterocycles. The molecular weight excluding hydrogens is 265 g/mol. The van der Waals surface area contributed by atoms with Gasteiger partial charge in [-0.15, -0.1) is 13.2 Å². The zero-order valence-electron chi connectivity index (χ0n) is 9.99. The molecule has 1 aromatic rings. The van der Waals surface area contributed by atoms with Gasteiger partial charge in [-0.05, 0) is 25.1 Å². The summed E-state index contributed by atoms with van der Waals surface area (Å²) in [5.74, 6) is -1.12. The van der Waals surface area contributed by atoms with Crippen LogP contribution in [-0.4, -0.2) is 30.0 Å². The number of aliphatic hydroxyl groups excluding tert-OH is 1. The van der Waals surface area contributed by atoms with Crippen molar-refractivity contribution in [2.45, 2.75) is 19.4 Å². The van der Waals surface area contributed by atoms with Gasteiger partial charge in [-0.1, -0.05) is 0 Å².